The van der Waals surface area contributed by atoms with Crippen LogP contribution < -0.4 is 19.5 Å². The fourth-order valence-corrected chi connectivity index (χ4v) is 4.17. The molecule has 12 heteroatoms. The number of hydrogen-bond acceptors (Lipinski definition) is 8. The van der Waals surface area contributed by atoms with Crippen molar-refractivity contribution >= 4 is 21.6 Å². The summed E-state index contributed by atoms with van der Waals surface area (Å²) in [4.78, 5) is 12.4. The summed E-state index contributed by atoms with van der Waals surface area (Å²) in [7, 11) is -3.81. The molecule has 1 amide bonds. The number of aromatic nitrogens is 4. The van der Waals surface area contributed by atoms with E-state index in [-0.39, 0.29) is 23.8 Å². The molecule has 2 heterocycles. The minimum Gasteiger partial charge on any atom is -0.490 e. The number of nitrogens with one attached hydrogen (secondary N) is 2. The van der Waals surface area contributed by atoms with Crippen LogP contribution in [0.15, 0.2) is 47.6 Å². The number of fused-ring (bicyclic) bond motifs is 1. The molecular formula is C20H22N6O5S. The van der Waals surface area contributed by atoms with Crippen LogP contribution in [-0.4, -0.2) is 54.3 Å². The molecular weight excluding hydrogens is 436 g/mol. The fraction of sp³-hybridized carbons (Fsp3) is 0.300. The van der Waals surface area contributed by atoms with Crippen molar-refractivity contribution in [2.75, 3.05) is 25.1 Å². The van der Waals surface area contributed by atoms with Gasteiger partial charge in [-0.15, -0.1) is 5.10 Å². The summed E-state index contributed by atoms with van der Waals surface area (Å²) in [5, 5.41) is 13.8. The van der Waals surface area contributed by atoms with Gasteiger partial charge >= 0.3 is 0 Å². The number of anilines is 1. The van der Waals surface area contributed by atoms with Gasteiger partial charge in [-0.2, -0.15) is 0 Å². The van der Waals surface area contributed by atoms with E-state index in [1.807, 2.05) is 13.0 Å². The molecule has 1 aliphatic rings. The van der Waals surface area contributed by atoms with Crippen LogP contribution in [0.5, 0.6) is 11.5 Å². The molecule has 2 N–H and O–H groups in total. The Hall–Kier alpha value is -3.51. The number of benzene rings is 2. The zero-order chi connectivity index (χ0) is 22.6. The Labute approximate surface area is 184 Å². The zero-order valence-corrected chi connectivity index (χ0v) is 18.1. The first kappa shape index (κ1) is 21.7. The van der Waals surface area contributed by atoms with Crippen LogP contribution in [0.1, 0.15) is 18.4 Å². The van der Waals surface area contributed by atoms with Gasteiger partial charge in [0.1, 0.15) is 6.33 Å². The normalized spacial score (nSPS) is 13.4. The molecule has 11 nitrogen and oxygen atoms in total. The molecule has 4 rings (SSSR count). The Morgan fingerprint density at radius 2 is 1.94 bits per heavy atom. The van der Waals surface area contributed by atoms with E-state index < -0.39 is 10.0 Å². The molecule has 2 aromatic carbocycles. The summed E-state index contributed by atoms with van der Waals surface area (Å²) in [5.74, 6) is 0.568. The van der Waals surface area contributed by atoms with Gasteiger partial charge in [-0.25, -0.2) is 17.8 Å². The Morgan fingerprint density at radius 1 is 1.12 bits per heavy atom. The fourth-order valence-electron chi connectivity index (χ4n) is 3.12. The predicted molar refractivity (Wildman–Crippen MR) is 114 cm³/mol. The molecule has 0 spiro atoms. The van der Waals surface area contributed by atoms with E-state index in [4.69, 9.17) is 9.47 Å². The summed E-state index contributed by atoms with van der Waals surface area (Å²) in [6.07, 6.45) is 2.14. The smallest absolute Gasteiger partial charge is 0.240 e. The SMILES string of the molecule is Cc1ccc(NC(=O)CCNS(=O)(=O)c2ccc3c(c2)OCCCO3)cc1-n1cnnn1. The zero-order valence-electron chi connectivity index (χ0n) is 17.3. The predicted octanol–water partition coefficient (Wildman–Crippen LogP) is 1.44. The number of amides is 1. The number of carbonyl (C=O) groups is 1. The number of nitrogens with zero attached hydrogens (tertiary/aromatic N) is 4. The highest BCUT2D eigenvalue weighted by atomic mass is 32.2. The van der Waals surface area contributed by atoms with Crippen molar-refractivity contribution in [3.05, 3.63) is 48.3 Å². The van der Waals surface area contributed by atoms with E-state index in [0.717, 1.165) is 17.7 Å². The molecule has 0 radical (unpaired) electrons. The molecule has 3 aromatic rings. The summed E-state index contributed by atoms with van der Waals surface area (Å²) in [6, 6.07) is 9.77. The second-order valence-corrected chi connectivity index (χ2v) is 8.88. The van der Waals surface area contributed by atoms with Crippen molar-refractivity contribution in [2.45, 2.75) is 24.7 Å². The molecule has 0 saturated heterocycles. The van der Waals surface area contributed by atoms with Gasteiger partial charge in [0.2, 0.25) is 15.9 Å². The highest BCUT2D eigenvalue weighted by Gasteiger charge is 2.19. The molecule has 0 bridgehead atoms. The second kappa shape index (κ2) is 9.32. The highest BCUT2D eigenvalue weighted by molar-refractivity contribution is 7.89. The van der Waals surface area contributed by atoms with E-state index in [2.05, 4.69) is 25.6 Å². The second-order valence-electron chi connectivity index (χ2n) is 7.11. The first-order chi connectivity index (χ1) is 15.4. The minimum atomic E-state index is -3.81. The van der Waals surface area contributed by atoms with E-state index in [9.17, 15) is 13.2 Å². The lowest BCUT2D eigenvalue weighted by atomic mass is 10.2. The van der Waals surface area contributed by atoms with Crippen LogP contribution in [0.2, 0.25) is 0 Å². The number of carbonyl (C=O) groups excluding carboxylic acids is 1. The van der Waals surface area contributed by atoms with E-state index in [1.165, 1.54) is 23.1 Å². The van der Waals surface area contributed by atoms with Crippen molar-refractivity contribution in [3.63, 3.8) is 0 Å². The van der Waals surface area contributed by atoms with Gasteiger partial charge in [-0.05, 0) is 47.2 Å². The van der Waals surface area contributed by atoms with Gasteiger partial charge in [0.15, 0.2) is 11.5 Å². The maximum absolute atomic E-state index is 12.6. The lowest BCUT2D eigenvalue weighted by Gasteiger charge is -2.11. The maximum atomic E-state index is 12.6. The first-order valence-electron chi connectivity index (χ1n) is 9.95. The van der Waals surface area contributed by atoms with E-state index >= 15 is 0 Å². The Bertz CT molecular complexity index is 1210. The van der Waals surface area contributed by atoms with Crippen molar-refractivity contribution in [1.29, 1.82) is 0 Å². The van der Waals surface area contributed by atoms with Crippen molar-refractivity contribution in [3.8, 4) is 17.2 Å². The molecule has 0 atom stereocenters. The van der Waals surface area contributed by atoms with Crippen molar-refractivity contribution < 1.29 is 22.7 Å². The third-order valence-corrected chi connectivity index (χ3v) is 6.22. The largest absolute Gasteiger partial charge is 0.490 e. The maximum Gasteiger partial charge on any atom is 0.240 e. The number of rotatable bonds is 7. The molecule has 32 heavy (non-hydrogen) atoms. The summed E-state index contributed by atoms with van der Waals surface area (Å²) in [5.41, 5.74) is 2.21. The molecule has 1 aromatic heterocycles. The van der Waals surface area contributed by atoms with Gasteiger partial charge in [-0.3, -0.25) is 4.79 Å². The van der Waals surface area contributed by atoms with Crippen LogP contribution in [0, 0.1) is 6.92 Å². The van der Waals surface area contributed by atoms with Crippen LogP contribution in [0.3, 0.4) is 0 Å². The van der Waals surface area contributed by atoms with E-state index in [1.54, 1.807) is 18.2 Å². The number of ether oxygens (including phenoxy) is 2. The topological polar surface area (TPSA) is 137 Å². The monoisotopic (exact) mass is 458 g/mol. The Morgan fingerprint density at radius 3 is 2.72 bits per heavy atom. The average molecular weight is 459 g/mol. The molecule has 1 aliphatic heterocycles. The van der Waals surface area contributed by atoms with Crippen LogP contribution >= 0.6 is 0 Å². The summed E-state index contributed by atoms with van der Waals surface area (Å²) >= 11 is 0. The highest BCUT2D eigenvalue weighted by Crippen LogP contribution is 2.31. The third-order valence-electron chi connectivity index (χ3n) is 4.76. The van der Waals surface area contributed by atoms with Crippen LogP contribution in [-0.2, 0) is 14.8 Å². The van der Waals surface area contributed by atoms with Gasteiger partial charge in [0.05, 0.1) is 23.8 Å². The lowest BCUT2D eigenvalue weighted by molar-refractivity contribution is -0.116. The van der Waals surface area contributed by atoms with Crippen LogP contribution in [0.25, 0.3) is 5.69 Å². The lowest BCUT2D eigenvalue weighted by Crippen LogP contribution is -2.28. The Kier molecular flexibility index (Phi) is 6.32. The number of aryl methyl sites for hydroxylation is 1. The molecule has 0 aliphatic carbocycles. The summed E-state index contributed by atoms with van der Waals surface area (Å²) in [6.45, 7) is 2.81. The number of hydrogen-bond donors (Lipinski definition) is 2. The molecule has 168 valence electrons. The van der Waals surface area contributed by atoms with Gasteiger partial charge in [0.25, 0.3) is 0 Å². The quantitative estimate of drug-likeness (QED) is 0.543. The third kappa shape index (κ3) is 5.03. The minimum absolute atomic E-state index is 0.0438. The molecule has 0 unspecified atom stereocenters. The van der Waals surface area contributed by atoms with Gasteiger partial charge in [-0.1, -0.05) is 6.07 Å². The number of sulfonamides is 1. The molecule has 0 saturated carbocycles. The van der Waals surface area contributed by atoms with Gasteiger partial charge in [0, 0.05) is 31.1 Å². The standard InChI is InChI=1S/C20H22N6O5S/c1-14-3-4-15(11-17(14)26-13-21-24-25-26)23-20(27)7-8-22-32(28,29)16-5-6-18-19(12-16)31-10-2-9-30-18/h3-6,11-13,22H,2,7-10H2,1H3,(H,23,27). The molecule has 0 fully saturated rings. The van der Waals surface area contributed by atoms with Gasteiger partial charge < -0.3 is 14.8 Å². The number of tetrazole rings is 1. The van der Waals surface area contributed by atoms with E-state index in [0.29, 0.717) is 30.4 Å². The average Bonchev–Trinajstić information content (AvgIpc) is 3.19. The summed E-state index contributed by atoms with van der Waals surface area (Å²) < 4.78 is 40.2. The van der Waals surface area contributed by atoms with Crippen LogP contribution in [0.4, 0.5) is 5.69 Å². The van der Waals surface area contributed by atoms with Crippen molar-refractivity contribution in [1.82, 2.24) is 24.9 Å². The first-order valence-corrected chi connectivity index (χ1v) is 11.4. The Balaban J connectivity index is 1.35. The van der Waals surface area contributed by atoms with Crippen molar-refractivity contribution in [2.24, 2.45) is 0 Å².